The molecule has 6 nitrogen and oxygen atoms in total. The second-order valence-corrected chi connectivity index (χ2v) is 8.19. The fraction of sp³-hybridized carbons (Fsp3) is 0.350. The molecule has 2 unspecified atom stereocenters. The van der Waals surface area contributed by atoms with Gasteiger partial charge in [0.15, 0.2) is 0 Å². The van der Waals surface area contributed by atoms with Crippen LogP contribution in [-0.2, 0) is 9.59 Å². The van der Waals surface area contributed by atoms with Crippen molar-refractivity contribution in [3.05, 3.63) is 54.4 Å². The minimum absolute atomic E-state index is 0.00408. The minimum Gasteiger partial charge on any atom is -0.307 e. The summed E-state index contributed by atoms with van der Waals surface area (Å²) in [5.41, 5.74) is 2.69. The van der Waals surface area contributed by atoms with Gasteiger partial charge in [0.2, 0.25) is 11.8 Å². The van der Waals surface area contributed by atoms with E-state index in [-0.39, 0.29) is 28.5 Å². The third-order valence-corrected chi connectivity index (χ3v) is 6.38. The molecule has 0 spiro atoms. The molecule has 1 aromatic heterocycles. The van der Waals surface area contributed by atoms with Gasteiger partial charge in [0, 0.05) is 32.4 Å². The van der Waals surface area contributed by atoms with Crippen LogP contribution in [-0.4, -0.2) is 41.2 Å². The van der Waals surface area contributed by atoms with E-state index in [0.29, 0.717) is 13.1 Å². The van der Waals surface area contributed by atoms with Crippen LogP contribution in [0, 0.1) is 0 Å². The van der Waals surface area contributed by atoms with Crippen molar-refractivity contribution in [1.29, 1.82) is 0 Å². The maximum atomic E-state index is 13.3. The molecule has 0 aliphatic carbocycles. The lowest BCUT2D eigenvalue weighted by Gasteiger charge is -2.41. The maximum Gasteiger partial charge on any atom is 0.241 e. The average molecular weight is 382 g/mol. The molecule has 4 rings (SSSR count). The number of carbonyl (C=O) groups is 2. The van der Waals surface area contributed by atoms with Gasteiger partial charge in [0.05, 0.1) is 28.0 Å². The SMILES string of the molecule is CC(=O)N1c2ccccc2N(C(=O)C2CNC(c3cccnc3)S2)C[C@@H]1C. The highest BCUT2D eigenvalue weighted by atomic mass is 32.2. The Morgan fingerprint density at radius 1 is 1.19 bits per heavy atom. The second kappa shape index (κ2) is 7.32. The molecule has 140 valence electrons. The Morgan fingerprint density at radius 3 is 2.67 bits per heavy atom. The largest absolute Gasteiger partial charge is 0.307 e. The van der Waals surface area contributed by atoms with E-state index in [0.717, 1.165) is 16.9 Å². The quantitative estimate of drug-likeness (QED) is 0.865. The van der Waals surface area contributed by atoms with Gasteiger partial charge in [-0.3, -0.25) is 19.9 Å². The number of aromatic nitrogens is 1. The first-order valence-electron chi connectivity index (χ1n) is 9.05. The van der Waals surface area contributed by atoms with Crippen LogP contribution in [0.4, 0.5) is 11.4 Å². The van der Waals surface area contributed by atoms with E-state index in [2.05, 4.69) is 10.3 Å². The zero-order valence-corrected chi connectivity index (χ0v) is 16.1. The van der Waals surface area contributed by atoms with Crippen LogP contribution in [0.25, 0.3) is 0 Å². The van der Waals surface area contributed by atoms with Gasteiger partial charge in [-0.1, -0.05) is 18.2 Å². The summed E-state index contributed by atoms with van der Waals surface area (Å²) in [5, 5.41) is 3.32. The highest BCUT2D eigenvalue weighted by Crippen LogP contribution is 2.40. The standard InChI is InChI=1S/C20H22N4O2S/c1-13-12-23(16-7-3-4-8-17(16)24(13)14(2)25)20(26)18-11-22-19(27-18)15-6-5-9-21-10-15/h3-10,13,18-19,22H,11-12H2,1-2H3/t13-,18?,19?/m0/s1. The molecule has 1 N–H and O–H groups in total. The fourth-order valence-electron chi connectivity index (χ4n) is 3.79. The number of fused-ring (bicyclic) bond motifs is 1. The van der Waals surface area contributed by atoms with Crippen LogP contribution < -0.4 is 15.1 Å². The van der Waals surface area contributed by atoms with Gasteiger partial charge in [0.25, 0.3) is 0 Å². The van der Waals surface area contributed by atoms with Crippen molar-refractivity contribution in [1.82, 2.24) is 10.3 Å². The predicted molar refractivity (Wildman–Crippen MR) is 108 cm³/mol. The topological polar surface area (TPSA) is 65.5 Å². The monoisotopic (exact) mass is 382 g/mol. The number of para-hydroxylation sites is 2. The Bertz CT molecular complexity index is 860. The number of anilines is 2. The van der Waals surface area contributed by atoms with Crippen LogP contribution in [0.1, 0.15) is 24.8 Å². The third-order valence-electron chi connectivity index (χ3n) is 4.98. The summed E-state index contributed by atoms with van der Waals surface area (Å²) in [5.74, 6) is 0.0805. The molecular formula is C20H22N4O2S. The number of benzene rings is 1. The van der Waals surface area contributed by atoms with Crippen LogP contribution in [0.3, 0.4) is 0 Å². The summed E-state index contributed by atoms with van der Waals surface area (Å²) in [4.78, 5) is 33.2. The Balaban J connectivity index is 1.57. The van der Waals surface area contributed by atoms with Crippen LogP contribution in [0.15, 0.2) is 48.8 Å². The lowest BCUT2D eigenvalue weighted by Crippen LogP contribution is -2.53. The number of carbonyl (C=O) groups excluding carboxylic acids is 2. The zero-order chi connectivity index (χ0) is 19.0. The Kier molecular flexibility index (Phi) is 4.88. The van der Waals surface area contributed by atoms with Crippen molar-refractivity contribution in [2.24, 2.45) is 0 Å². The Morgan fingerprint density at radius 2 is 1.96 bits per heavy atom. The van der Waals surface area contributed by atoms with E-state index in [9.17, 15) is 9.59 Å². The van der Waals surface area contributed by atoms with Crippen molar-refractivity contribution in [3.8, 4) is 0 Å². The van der Waals surface area contributed by atoms with Crippen molar-refractivity contribution in [2.45, 2.75) is 30.5 Å². The molecule has 0 bridgehead atoms. The van der Waals surface area contributed by atoms with E-state index < -0.39 is 0 Å². The number of thioether (sulfide) groups is 1. The highest BCUT2D eigenvalue weighted by molar-refractivity contribution is 8.01. The molecule has 2 aromatic rings. The van der Waals surface area contributed by atoms with Gasteiger partial charge in [-0.05, 0) is 30.7 Å². The van der Waals surface area contributed by atoms with Gasteiger partial charge in [-0.15, -0.1) is 11.8 Å². The van der Waals surface area contributed by atoms with Crippen molar-refractivity contribution < 1.29 is 9.59 Å². The number of rotatable bonds is 2. The molecule has 3 heterocycles. The number of pyridine rings is 1. The average Bonchev–Trinajstić information content (AvgIpc) is 3.17. The van der Waals surface area contributed by atoms with Gasteiger partial charge >= 0.3 is 0 Å². The summed E-state index contributed by atoms with van der Waals surface area (Å²) in [6.45, 7) is 4.67. The van der Waals surface area contributed by atoms with Crippen LogP contribution in [0.2, 0.25) is 0 Å². The number of nitrogens with zero attached hydrogens (tertiary/aromatic N) is 3. The molecule has 7 heteroatoms. The van der Waals surface area contributed by atoms with Crippen molar-refractivity contribution in [2.75, 3.05) is 22.9 Å². The number of hydrogen-bond donors (Lipinski definition) is 1. The van der Waals surface area contributed by atoms with Gasteiger partial charge in [-0.25, -0.2) is 0 Å². The first kappa shape index (κ1) is 18.0. The Labute approximate surface area is 162 Å². The van der Waals surface area contributed by atoms with E-state index >= 15 is 0 Å². The molecule has 1 saturated heterocycles. The molecule has 2 aliphatic heterocycles. The lowest BCUT2D eigenvalue weighted by molar-refractivity contribution is -0.119. The van der Waals surface area contributed by atoms with Crippen molar-refractivity contribution >= 4 is 35.0 Å². The minimum atomic E-state index is -0.167. The number of amides is 2. The smallest absolute Gasteiger partial charge is 0.241 e. The van der Waals surface area contributed by atoms with Crippen molar-refractivity contribution in [3.63, 3.8) is 0 Å². The molecular weight excluding hydrogens is 360 g/mol. The second-order valence-electron chi connectivity index (χ2n) is 6.87. The van der Waals surface area contributed by atoms with E-state index in [4.69, 9.17) is 0 Å². The molecule has 2 amide bonds. The molecule has 1 aromatic carbocycles. The van der Waals surface area contributed by atoms with E-state index in [1.54, 1.807) is 29.8 Å². The highest BCUT2D eigenvalue weighted by Gasteiger charge is 2.39. The van der Waals surface area contributed by atoms with Crippen LogP contribution >= 0.6 is 11.8 Å². The summed E-state index contributed by atoms with van der Waals surface area (Å²) in [6, 6.07) is 11.5. The molecule has 0 saturated carbocycles. The molecule has 2 aliphatic rings. The number of nitrogens with one attached hydrogen (secondary N) is 1. The summed E-state index contributed by atoms with van der Waals surface area (Å²) < 4.78 is 0. The third kappa shape index (κ3) is 3.33. The molecule has 1 fully saturated rings. The van der Waals surface area contributed by atoms with Gasteiger partial charge in [0.1, 0.15) is 0 Å². The molecule has 27 heavy (non-hydrogen) atoms. The lowest BCUT2D eigenvalue weighted by atomic mass is 10.1. The predicted octanol–water partition coefficient (Wildman–Crippen LogP) is 2.57. The zero-order valence-electron chi connectivity index (χ0n) is 15.3. The van der Waals surface area contributed by atoms with Crippen LogP contribution in [0.5, 0.6) is 0 Å². The van der Waals surface area contributed by atoms with E-state index in [1.807, 2.05) is 54.4 Å². The normalized spacial score (nSPS) is 24.6. The Hall–Kier alpha value is -2.38. The van der Waals surface area contributed by atoms with Gasteiger partial charge in [-0.2, -0.15) is 0 Å². The summed E-state index contributed by atoms with van der Waals surface area (Å²) in [7, 11) is 0. The molecule has 0 radical (unpaired) electrons. The molecule has 3 atom stereocenters. The fourth-order valence-corrected chi connectivity index (χ4v) is 5.04. The first-order valence-corrected chi connectivity index (χ1v) is 9.99. The van der Waals surface area contributed by atoms with E-state index in [1.165, 1.54) is 0 Å². The van der Waals surface area contributed by atoms with Gasteiger partial charge < -0.3 is 9.80 Å². The maximum absolute atomic E-state index is 13.3. The summed E-state index contributed by atoms with van der Waals surface area (Å²) in [6.07, 6.45) is 3.58. The summed E-state index contributed by atoms with van der Waals surface area (Å²) >= 11 is 1.63. The number of hydrogen-bond acceptors (Lipinski definition) is 5. The first-order chi connectivity index (χ1) is 13.1.